The van der Waals surface area contributed by atoms with Gasteiger partial charge in [0.1, 0.15) is 5.75 Å². The van der Waals surface area contributed by atoms with Crippen LogP contribution in [0.4, 0.5) is 0 Å². The van der Waals surface area contributed by atoms with Crippen LogP contribution in [0.15, 0.2) is 78.9 Å². The van der Waals surface area contributed by atoms with E-state index < -0.39 is 0 Å². The van der Waals surface area contributed by atoms with Crippen LogP contribution in [0.3, 0.4) is 0 Å². The first-order valence-electron chi connectivity index (χ1n) is 8.89. The first-order valence-corrected chi connectivity index (χ1v) is 8.89. The number of Topliss-reactive ketones (excluding diaryl/α,β-unsaturated/α-hetero) is 1. The van der Waals surface area contributed by atoms with Crippen LogP contribution in [0.25, 0.3) is 11.0 Å². The Hall–Kier alpha value is -3.73. The van der Waals surface area contributed by atoms with E-state index in [1.54, 1.807) is 48.1 Å². The first-order chi connectivity index (χ1) is 13.7. The van der Waals surface area contributed by atoms with Crippen LogP contribution in [0.5, 0.6) is 5.75 Å². The molecule has 0 aliphatic carbocycles. The van der Waals surface area contributed by atoms with Crippen LogP contribution in [-0.4, -0.2) is 28.2 Å². The van der Waals surface area contributed by atoms with Gasteiger partial charge in [-0.3, -0.25) is 9.59 Å². The molecule has 5 nitrogen and oxygen atoms in total. The molecule has 0 aliphatic heterocycles. The number of ether oxygens (including phenoxy) is 1. The van der Waals surface area contributed by atoms with Gasteiger partial charge in [-0.1, -0.05) is 42.5 Å². The highest BCUT2D eigenvalue weighted by atomic mass is 16.5. The van der Waals surface area contributed by atoms with E-state index in [1.165, 1.54) is 0 Å². The topological polar surface area (TPSA) is 61.2 Å². The van der Waals surface area contributed by atoms with Crippen molar-refractivity contribution < 1.29 is 14.3 Å². The third-order valence-corrected chi connectivity index (χ3v) is 4.61. The van der Waals surface area contributed by atoms with E-state index >= 15 is 0 Å². The molecule has 0 radical (unpaired) electrons. The molecule has 5 heteroatoms. The average Bonchev–Trinajstić information content (AvgIpc) is 3.12. The van der Waals surface area contributed by atoms with Crippen molar-refractivity contribution in [3.63, 3.8) is 0 Å². The molecule has 4 rings (SSSR count). The Labute approximate surface area is 162 Å². The zero-order chi connectivity index (χ0) is 19.5. The Kier molecular flexibility index (Phi) is 4.72. The highest BCUT2D eigenvalue weighted by molar-refractivity contribution is 6.09. The molecule has 0 bridgehead atoms. The van der Waals surface area contributed by atoms with Crippen LogP contribution in [0, 0.1) is 0 Å². The first kappa shape index (κ1) is 17.7. The Bertz CT molecular complexity index is 1150. The second-order valence-electron chi connectivity index (χ2n) is 6.36. The minimum atomic E-state index is -0.209. The van der Waals surface area contributed by atoms with Gasteiger partial charge in [0.2, 0.25) is 5.78 Å². The van der Waals surface area contributed by atoms with Gasteiger partial charge in [0.05, 0.1) is 24.7 Å². The Morgan fingerprint density at radius 2 is 1.54 bits per heavy atom. The smallest absolute Gasteiger partial charge is 0.228 e. The molecule has 0 saturated heterocycles. The van der Waals surface area contributed by atoms with Gasteiger partial charge in [0.15, 0.2) is 11.6 Å². The fourth-order valence-corrected chi connectivity index (χ4v) is 3.14. The zero-order valence-corrected chi connectivity index (χ0v) is 15.3. The molecule has 138 valence electrons. The average molecular weight is 370 g/mol. The molecule has 0 spiro atoms. The molecule has 0 aliphatic rings. The van der Waals surface area contributed by atoms with E-state index in [1.807, 2.05) is 42.5 Å². The maximum absolute atomic E-state index is 13.0. The van der Waals surface area contributed by atoms with E-state index in [-0.39, 0.29) is 23.9 Å². The number of ketones is 2. The van der Waals surface area contributed by atoms with Gasteiger partial charge in [-0.25, -0.2) is 4.98 Å². The van der Waals surface area contributed by atoms with Crippen LogP contribution in [-0.2, 0) is 6.54 Å². The minimum absolute atomic E-state index is 0.0285. The van der Waals surface area contributed by atoms with Crippen LogP contribution < -0.4 is 4.74 Å². The summed E-state index contributed by atoms with van der Waals surface area (Å²) in [5.74, 6) is 0.631. The second-order valence-corrected chi connectivity index (χ2v) is 6.36. The summed E-state index contributed by atoms with van der Waals surface area (Å²) in [6, 6.07) is 23.3. The third-order valence-electron chi connectivity index (χ3n) is 4.61. The monoisotopic (exact) mass is 370 g/mol. The highest BCUT2D eigenvalue weighted by Gasteiger charge is 2.21. The SMILES string of the molecule is COc1ccc(C(=O)Cn2c(C(=O)c3ccccc3)nc3ccccc32)cc1. The number of aromatic nitrogens is 2. The highest BCUT2D eigenvalue weighted by Crippen LogP contribution is 2.20. The number of benzene rings is 3. The predicted molar refractivity (Wildman–Crippen MR) is 107 cm³/mol. The molecular formula is C23H18N2O3. The number of carbonyl (C=O) groups excluding carboxylic acids is 2. The summed E-state index contributed by atoms with van der Waals surface area (Å²) in [4.78, 5) is 30.4. The van der Waals surface area contributed by atoms with Crippen LogP contribution in [0.2, 0.25) is 0 Å². The van der Waals surface area contributed by atoms with Gasteiger partial charge in [-0.15, -0.1) is 0 Å². The van der Waals surface area contributed by atoms with E-state index in [0.717, 1.165) is 5.52 Å². The van der Waals surface area contributed by atoms with Gasteiger partial charge >= 0.3 is 0 Å². The molecule has 28 heavy (non-hydrogen) atoms. The van der Waals surface area contributed by atoms with Crippen molar-refractivity contribution in [1.82, 2.24) is 9.55 Å². The van der Waals surface area contributed by atoms with Crippen molar-refractivity contribution in [1.29, 1.82) is 0 Å². The number of rotatable bonds is 6. The number of carbonyl (C=O) groups is 2. The second kappa shape index (κ2) is 7.48. The molecule has 0 atom stereocenters. The summed E-state index contributed by atoms with van der Waals surface area (Å²) < 4.78 is 6.83. The maximum atomic E-state index is 13.0. The number of fused-ring (bicyclic) bond motifs is 1. The zero-order valence-electron chi connectivity index (χ0n) is 15.3. The number of methoxy groups -OCH3 is 1. The summed E-state index contributed by atoms with van der Waals surface area (Å²) in [7, 11) is 1.58. The summed E-state index contributed by atoms with van der Waals surface area (Å²) in [6.45, 7) is 0.0285. The van der Waals surface area contributed by atoms with Crippen molar-refractivity contribution in [2.45, 2.75) is 6.54 Å². The summed E-state index contributed by atoms with van der Waals surface area (Å²) in [6.07, 6.45) is 0. The molecule has 3 aromatic carbocycles. The summed E-state index contributed by atoms with van der Waals surface area (Å²) >= 11 is 0. The molecule has 1 heterocycles. The molecule has 4 aromatic rings. The largest absolute Gasteiger partial charge is 0.497 e. The van der Waals surface area contributed by atoms with Crippen LogP contribution in [0.1, 0.15) is 26.5 Å². The van der Waals surface area contributed by atoms with E-state index in [9.17, 15) is 9.59 Å². The number of imidazole rings is 1. The van der Waals surface area contributed by atoms with Gasteiger partial charge in [-0.2, -0.15) is 0 Å². The number of hydrogen-bond acceptors (Lipinski definition) is 4. The number of nitrogens with zero attached hydrogens (tertiary/aromatic N) is 2. The van der Waals surface area contributed by atoms with Gasteiger partial charge in [0, 0.05) is 11.1 Å². The quantitative estimate of drug-likeness (QED) is 0.478. The van der Waals surface area contributed by atoms with Crippen molar-refractivity contribution >= 4 is 22.6 Å². The van der Waals surface area contributed by atoms with Crippen molar-refractivity contribution in [3.8, 4) is 5.75 Å². The van der Waals surface area contributed by atoms with Crippen molar-refractivity contribution in [3.05, 3.63) is 95.8 Å². The third kappa shape index (κ3) is 3.30. The molecule has 0 amide bonds. The molecule has 1 aromatic heterocycles. The van der Waals surface area contributed by atoms with Gasteiger partial charge in [0.25, 0.3) is 0 Å². The van der Waals surface area contributed by atoms with Gasteiger partial charge in [-0.05, 0) is 36.4 Å². The Morgan fingerprint density at radius 1 is 0.857 bits per heavy atom. The van der Waals surface area contributed by atoms with Crippen molar-refractivity contribution in [2.75, 3.05) is 7.11 Å². The summed E-state index contributed by atoms with van der Waals surface area (Å²) in [5, 5.41) is 0. The lowest BCUT2D eigenvalue weighted by Crippen LogP contribution is -2.17. The summed E-state index contributed by atoms with van der Waals surface area (Å²) in [5.41, 5.74) is 2.53. The normalized spacial score (nSPS) is 10.8. The predicted octanol–water partition coefficient (Wildman–Crippen LogP) is 4.16. The Morgan fingerprint density at radius 3 is 2.25 bits per heavy atom. The van der Waals surface area contributed by atoms with Crippen molar-refractivity contribution in [2.24, 2.45) is 0 Å². The molecular weight excluding hydrogens is 352 g/mol. The fourth-order valence-electron chi connectivity index (χ4n) is 3.14. The number of hydrogen-bond donors (Lipinski definition) is 0. The minimum Gasteiger partial charge on any atom is -0.497 e. The van der Waals surface area contributed by atoms with E-state index in [0.29, 0.717) is 22.4 Å². The fraction of sp³-hybridized carbons (Fsp3) is 0.0870. The lowest BCUT2D eigenvalue weighted by Gasteiger charge is -2.09. The Balaban J connectivity index is 1.74. The maximum Gasteiger partial charge on any atom is 0.228 e. The van der Waals surface area contributed by atoms with Crippen LogP contribution >= 0.6 is 0 Å². The van der Waals surface area contributed by atoms with Gasteiger partial charge < -0.3 is 9.30 Å². The lowest BCUT2D eigenvalue weighted by molar-refractivity contribution is 0.0968. The van der Waals surface area contributed by atoms with E-state index in [4.69, 9.17) is 4.74 Å². The molecule has 0 saturated carbocycles. The standard InChI is InChI=1S/C23H18N2O3/c1-28-18-13-11-16(12-14-18)21(26)15-25-20-10-6-5-9-19(20)24-23(25)22(27)17-7-3-2-4-8-17/h2-14H,15H2,1H3. The van der Waals surface area contributed by atoms with E-state index in [2.05, 4.69) is 4.98 Å². The molecule has 0 fully saturated rings. The molecule has 0 N–H and O–H groups in total. The number of para-hydroxylation sites is 2. The lowest BCUT2D eigenvalue weighted by atomic mass is 10.1. The molecule has 0 unspecified atom stereocenters.